The maximum Gasteiger partial charge on any atom is 0.240 e. The first-order valence-electron chi connectivity index (χ1n) is 8.03. The van der Waals surface area contributed by atoms with Crippen molar-refractivity contribution in [3.8, 4) is 5.75 Å². The number of benzene rings is 2. The fourth-order valence-corrected chi connectivity index (χ4v) is 3.79. The molecule has 2 aromatic rings. The molecule has 7 heteroatoms. The van der Waals surface area contributed by atoms with Crippen LogP contribution in [-0.2, 0) is 27.8 Å². The molecule has 0 aliphatic carbocycles. The van der Waals surface area contributed by atoms with Crippen LogP contribution in [0.1, 0.15) is 24.0 Å². The highest BCUT2D eigenvalue weighted by molar-refractivity contribution is 7.89. The van der Waals surface area contributed by atoms with Gasteiger partial charge in [0.25, 0.3) is 0 Å². The molecule has 1 heterocycles. The van der Waals surface area contributed by atoms with Crippen molar-refractivity contribution in [2.45, 2.75) is 30.7 Å². The molecule has 2 N–H and O–H groups in total. The molecule has 0 saturated heterocycles. The smallest absolute Gasteiger partial charge is 0.240 e. The normalized spacial score (nSPS) is 14.4. The van der Waals surface area contributed by atoms with Crippen LogP contribution < -0.4 is 14.8 Å². The summed E-state index contributed by atoms with van der Waals surface area (Å²) in [5, 5.41) is 2.80. The zero-order chi connectivity index (χ0) is 17.9. The summed E-state index contributed by atoms with van der Waals surface area (Å²) in [5.41, 5.74) is 2.38. The summed E-state index contributed by atoms with van der Waals surface area (Å²) in [6.45, 7) is 0.195. The van der Waals surface area contributed by atoms with E-state index in [9.17, 15) is 13.2 Å². The predicted molar refractivity (Wildman–Crippen MR) is 95.0 cm³/mol. The largest absolute Gasteiger partial charge is 0.497 e. The highest BCUT2D eigenvalue weighted by Gasteiger charge is 2.18. The number of nitrogens with one attached hydrogen (secondary N) is 2. The van der Waals surface area contributed by atoms with Gasteiger partial charge in [-0.3, -0.25) is 4.79 Å². The summed E-state index contributed by atoms with van der Waals surface area (Å²) in [4.78, 5) is 11.8. The lowest BCUT2D eigenvalue weighted by Gasteiger charge is -2.11. The van der Waals surface area contributed by atoms with E-state index in [0.717, 1.165) is 16.9 Å². The molecule has 0 aromatic heterocycles. The Labute approximate surface area is 147 Å². The van der Waals surface area contributed by atoms with E-state index in [1.54, 1.807) is 31.4 Å². The Kier molecular flexibility index (Phi) is 5.06. The number of aryl methyl sites for hydroxylation is 1. The minimum atomic E-state index is -3.63. The number of methoxy groups -OCH3 is 1. The summed E-state index contributed by atoms with van der Waals surface area (Å²) in [6, 6.07) is 12.0. The molecule has 2 aromatic carbocycles. The van der Waals surface area contributed by atoms with Crippen LogP contribution in [0.4, 0.5) is 5.69 Å². The Morgan fingerprint density at radius 2 is 1.88 bits per heavy atom. The highest BCUT2D eigenvalue weighted by atomic mass is 32.2. The van der Waals surface area contributed by atoms with Gasteiger partial charge in [0, 0.05) is 18.7 Å². The fourth-order valence-electron chi connectivity index (χ4n) is 2.72. The number of ether oxygens (including phenoxy) is 1. The third-order valence-corrected chi connectivity index (χ3v) is 5.54. The van der Waals surface area contributed by atoms with Crippen LogP contribution in [0.2, 0.25) is 0 Å². The van der Waals surface area contributed by atoms with Crippen LogP contribution in [0.25, 0.3) is 0 Å². The molecule has 0 bridgehead atoms. The number of amides is 1. The number of carbonyl (C=O) groups excluding carboxylic acids is 1. The van der Waals surface area contributed by atoms with Crippen molar-refractivity contribution in [3.05, 3.63) is 53.6 Å². The number of sulfonamides is 1. The van der Waals surface area contributed by atoms with Gasteiger partial charge in [-0.15, -0.1) is 0 Å². The van der Waals surface area contributed by atoms with Crippen molar-refractivity contribution >= 4 is 21.6 Å². The van der Waals surface area contributed by atoms with Gasteiger partial charge in [0.15, 0.2) is 0 Å². The second-order valence-corrected chi connectivity index (χ2v) is 7.66. The number of fused-ring (bicyclic) bond motifs is 1. The van der Waals surface area contributed by atoms with Gasteiger partial charge in [0.2, 0.25) is 15.9 Å². The molecule has 0 unspecified atom stereocenters. The first-order valence-corrected chi connectivity index (χ1v) is 9.51. The van der Waals surface area contributed by atoms with E-state index in [2.05, 4.69) is 10.0 Å². The monoisotopic (exact) mass is 360 g/mol. The van der Waals surface area contributed by atoms with Gasteiger partial charge in [-0.25, -0.2) is 13.1 Å². The number of rotatable bonds is 5. The van der Waals surface area contributed by atoms with Crippen LogP contribution in [0.3, 0.4) is 0 Å². The molecule has 0 atom stereocenters. The van der Waals surface area contributed by atoms with Crippen LogP contribution in [-0.4, -0.2) is 21.4 Å². The average molecular weight is 360 g/mol. The van der Waals surface area contributed by atoms with Gasteiger partial charge in [0.1, 0.15) is 5.75 Å². The molecule has 1 aliphatic heterocycles. The average Bonchev–Trinajstić information content (AvgIpc) is 2.80. The minimum Gasteiger partial charge on any atom is -0.497 e. The fraction of sp³-hybridized carbons (Fsp3) is 0.278. The van der Waals surface area contributed by atoms with Crippen molar-refractivity contribution < 1.29 is 17.9 Å². The van der Waals surface area contributed by atoms with Gasteiger partial charge >= 0.3 is 0 Å². The molecular formula is C18H20N2O4S. The van der Waals surface area contributed by atoms with Gasteiger partial charge in [-0.05, 0) is 54.3 Å². The Hall–Kier alpha value is -2.38. The Morgan fingerprint density at radius 3 is 2.60 bits per heavy atom. The van der Waals surface area contributed by atoms with Crippen LogP contribution in [0.15, 0.2) is 47.4 Å². The van der Waals surface area contributed by atoms with Gasteiger partial charge in [0.05, 0.1) is 12.0 Å². The third-order valence-electron chi connectivity index (χ3n) is 4.14. The highest BCUT2D eigenvalue weighted by Crippen LogP contribution is 2.25. The maximum atomic E-state index is 12.5. The second-order valence-electron chi connectivity index (χ2n) is 5.89. The number of carbonyl (C=O) groups is 1. The van der Waals surface area contributed by atoms with Crippen LogP contribution in [0.5, 0.6) is 5.75 Å². The molecule has 0 spiro atoms. The number of hydrogen-bond acceptors (Lipinski definition) is 4. The molecule has 3 rings (SSSR count). The molecule has 6 nitrogen and oxygen atoms in total. The third kappa shape index (κ3) is 4.18. The lowest BCUT2D eigenvalue weighted by molar-refractivity contribution is -0.116. The van der Waals surface area contributed by atoms with E-state index in [-0.39, 0.29) is 17.3 Å². The first kappa shape index (κ1) is 17.4. The van der Waals surface area contributed by atoms with E-state index in [4.69, 9.17) is 4.74 Å². The van der Waals surface area contributed by atoms with Crippen LogP contribution >= 0.6 is 0 Å². The zero-order valence-corrected chi connectivity index (χ0v) is 14.7. The topological polar surface area (TPSA) is 84.5 Å². The summed E-state index contributed by atoms with van der Waals surface area (Å²) in [7, 11) is -2.05. The molecule has 0 saturated carbocycles. The second kappa shape index (κ2) is 7.25. The van der Waals surface area contributed by atoms with Crippen molar-refractivity contribution in [3.63, 3.8) is 0 Å². The summed E-state index contributed by atoms with van der Waals surface area (Å²) >= 11 is 0. The summed E-state index contributed by atoms with van der Waals surface area (Å²) in [5.74, 6) is 0.686. The quantitative estimate of drug-likeness (QED) is 0.858. The van der Waals surface area contributed by atoms with E-state index in [1.807, 2.05) is 12.1 Å². The SMILES string of the molecule is COc1ccc(CNS(=O)(=O)c2ccc3c(c2)CCCC(=O)N3)cc1. The van der Waals surface area contributed by atoms with Gasteiger partial charge in [-0.2, -0.15) is 0 Å². The first-order chi connectivity index (χ1) is 12.0. The van der Waals surface area contributed by atoms with Crippen LogP contribution in [0, 0.1) is 0 Å². The minimum absolute atomic E-state index is 0.0352. The molecule has 132 valence electrons. The Bertz CT molecular complexity index is 876. The molecular weight excluding hydrogens is 340 g/mol. The molecule has 1 aliphatic rings. The van der Waals surface area contributed by atoms with E-state index < -0.39 is 10.0 Å². The Balaban J connectivity index is 1.75. The molecule has 25 heavy (non-hydrogen) atoms. The Morgan fingerprint density at radius 1 is 1.12 bits per heavy atom. The van der Waals surface area contributed by atoms with E-state index in [1.165, 1.54) is 6.07 Å². The van der Waals surface area contributed by atoms with Gasteiger partial charge < -0.3 is 10.1 Å². The number of hydrogen-bond donors (Lipinski definition) is 2. The number of anilines is 1. The van der Waals surface area contributed by atoms with Crippen molar-refractivity contribution in [2.75, 3.05) is 12.4 Å². The van der Waals surface area contributed by atoms with E-state index >= 15 is 0 Å². The van der Waals surface area contributed by atoms with Crippen molar-refractivity contribution in [2.24, 2.45) is 0 Å². The predicted octanol–water partition coefficient (Wildman–Crippen LogP) is 2.45. The molecule has 0 fully saturated rings. The maximum absolute atomic E-state index is 12.5. The van der Waals surface area contributed by atoms with Gasteiger partial charge in [-0.1, -0.05) is 12.1 Å². The lowest BCUT2D eigenvalue weighted by atomic mass is 10.1. The standard InChI is InChI=1S/C18H20N2O4S/c1-24-15-7-5-13(6-8-15)12-19-25(22,23)16-9-10-17-14(11-16)3-2-4-18(21)20-17/h5-11,19H,2-4,12H2,1H3,(H,20,21). The molecule has 1 amide bonds. The van der Waals surface area contributed by atoms with Crippen molar-refractivity contribution in [1.82, 2.24) is 4.72 Å². The van der Waals surface area contributed by atoms with Crippen molar-refractivity contribution in [1.29, 1.82) is 0 Å². The van der Waals surface area contributed by atoms with E-state index in [0.29, 0.717) is 24.9 Å². The molecule has 0 radical (unpaired) electrons. The summed E-state index contributed by atoms with van der Waals surface area (Å²) in [6.07, 6.45) is 1.84. The summed E-state index contributed by atoms with van der Waals surface area (Å²) < 4.78 is 32.8. The zero-order valence-electron chi connectivity index (χ0n) is 13.9. The lowest BCUT2D eigenvalue weighted by Crippen LogP contribution is -2.23.